The van der Waals surface area contributed by atoms with Gasteiger partial charge in [-0.3, -0.25) is 4.79 Å². The Balaban J connectivity index is 1.75. The minimum absolute atomic E-state index is 0.227. The second-order valence-corrected chi connectivity index (χ2v) is 9.07. The number of amides is 1. The van der Waals surface area contributed by atoms with Gasteiger partial charge in [-0.1, -0.05) is 31.3 Å². The van der Waals surface area contributed by atoms with Crippen molar-refractivity contribution in [3.8, 4) is 11.5 Å². The quantitative estimate of drug-likeness (QED) is 0.596. The number of aryl methyl sites for hydroxylation is 1. The lowest BCUT2D eigenvalue weighted by Crippen LogP contribution is -2.15. The molecular weight excluding hydrogens is 380 g/mol. The fourth-order valence-electron chi connectivity index (χ4n) is 2.98. The molecule has 1 aliphatic rings. The topological polar surface area (TPSA) is 52.8 Å². The molecule has 2 heterocycles. The van der Waals surface area contributed by atoms with E-state index in [1.807, 2.05) is 47.9 Å². The Labute approximate surface area is 165 Å². The van der Waals surface area contributed by atoms with Crippen molar-refractivity contribution >= 4 is 39.2 Å². The number of nitrogens with zero attached hydrogens (tertiary/aromatic N) is 2. The predicted octanol–water partition coefficient (Wildman–Crippen LogP) is 4.69. The summed E-state index contributed by atoms with van der Waals surface area (Å²) in [6.07, 6.45) is 0. The summed E-state index contributed by atoms with van der Waals surface area (Å²) in [5.41, 5.74) is 1.61. The summed E-state index contributed by atoms with van der Waals surface area (Å²) in [7, 11) is 0. The monoisotopic (exact) mass is 400 g/mol. The first-order valence-electron chi connectivity index (χ1n) is 8.84. The van der Waals surface area contributed by atoms with Gasteiger partial charge in [-0.05, 0) is 25.1 Å². The van der Waals surface area contributed by atoms with Crippen LogP contribution in [0, 0.1) is 0 Å². The van der Waals surface area contributed by atoms with Gasteiger partial charge in [-0.25, -0.2) is 0 Å². The van der Waals surface area contributed by atoms with Crippen LogP contribution in [0.3, 0.4) is 0 Å². The minimum Gasteiger partial charge on any atom is -0.454 e. The molecule has 1 aromatic heterocycles. The average Bonchev–Trinajstić information content (AvgIpc) is 3.22. The van der Waals surface area contributed by atoms with Gasteiger partial charge in [-0.15, -0.1) is 11.8 Å². The van der Waals surface area contributed by atoms with E-state index in [2.05, 4.69) is 18.8 Å². The van der Waals surface area contributed by atoms with Crippen molar-refractivity contribution in [1.82, 2.24) is 4.57 Å². The minimum atomic E-state index is -0.227. The number of ether oxygens (including phenoxy) is 2. The molecule has 27 heavy (non-hydrogen) atoms. The number of fused-ring (bicyclic) bond motifs is 2. The van der Waals surface area contributed by atoms with Crippen LogP contribution in [0.1, 0.15) is 31.1 Å². The molecule has 5 nitrogen and oxygen atoms in total. The van der Waals surface area contributed by atoms with Gasteiger partial charge in [-0.2, -0.15) is 4.99 Å². The molecule has 2 aromatic carbocycles. The highest BCUT2D eigenvalue weighted by molar-refractivity contribution is 7.99. The van der Waals surface area contributed by atoms with Crippen molar-refractivity contribution < 1.29 is 14.3 Å². The summed E-state index contributed by atoms with van der Waals surface area (Å²) in [5.74, 6) is 1.25. The summed E-state index contributed by atoms with van der Waals surface area (Å²) in [4.78, 5) is 18.9. The lowest BCUT2D eigenvalue weighted by atomic mass is 10.2. The van der Waals surface area contributed by atoms with Crippen LogP contribution in [0.15, 0.2) is 46.3 Å². The molecule has 3 aromatic rings. The molecule has 4 rings (SSSR count). The summed E-state index contributed by atoms with van der Waals surface area (Å²) in [5, 5.41) is 0.462. The van der Waals surface area contributed by atoms with E-state index < -0.39 is 0 Å². The van der Waals surface area contributed by atoms with Crippen LogP contribution in [0.2, 0.25) is 0 Å². The molecule has 1 aliphatic heterocycles. The first-order valence-corrected chi connectivity index (χ1v) is 10.5. The van der Waals surface area contributed by atoms with Crippen molar-refractivity contribution in [2.75, 3.05) is 6.79 Å². The molecule has 0 radical (unpaired) electrons. The number of carbonyl (C=O) groups is 1. The molecule has 0 bridgehead atoms. The summed E-state index contributed by atoms with van der Waals surface area (Å²) >= 11 is 3.22. The molecule has 0 aliphatic carbocycles. The Morgan fingerprint density at radius 1 is 1.26 bits per heavy atom. The lowest BCUT2D eigenvalue weighted by molar-refractivity contribution is 0.0997. The SMILES string of the molecule is CCn1c(=NC(=O)c2cccc(SC(C)C)c2)sc2cc3c(cc21)OCO3. The maximum absolute atomic E-state index is 12.8. The number of rotatable bonds is 4. The first-order chi connectivity index (χ1) is 13.0. The maximum atomic E-state index is 12.8. The maximum Gasteiger partial charge on any atom is 0.279 e. The number of carbonyl (C=O) groups excluding carboxylic acids is 1. The Bertz CT molecular complexity index is 1080. The third-order valence-corrected chi connectivity index (χ3v) is 6.18. The summed E-state index contributed by atoms with van der Waals surface area (Å²) < 4.78 is 14.0. The zero-order valence-electron chi connectivity index (χ0n) is 15.4. The van der Waals surface area contributed by atoms with E-state index in [-0.39, 0.29) is 12.7 Å². The highest BCUT2D eigenvalue weighted by Gasteiger charge is 2.17. The van der Waals surface area contributed by atoms with Crippen molar-refractivity contribution in [1.29, 1.82) is 0 Å². The third kappa shape index (κ3) is 3.61. The summed E-state index contributed by atoms with van der Waals surface area (Å²) in [6.45, 7) is 7.28. The number of thioether (sulfide) groups is 1. The number of thiazole rings is 1. The molecule has 0 unspecified atom stereocenters. The Morgan fingerprint density at radius 3 is 2.78 bits per heavy atom. The van der Waals surface area contributed by atoms with Gasteiger partial charge in [0.15, 0.2) is 16.3 Å². The van der Waals surface area contributed by atoms with E-state index >= 15 is 0 Å². The molecule has 0 atom stereocenters. The lowest BCUT2D eigenvalue weighted by Gasteiger charge is -2.05. The van der Waals surface area contributed by atoms with E-state index in [1.54, 1.807) is 11.8 Å². The highest BCUT2D eigenvalue weighted by atomic mass is 32.2. The van der Waals surface area contributed by atoms with Gasteiger partial charge in [0.05, 0.1) is 10.2 Å². The zero-order valence-corrected chi connectivity index (χ0v) is 17.0. The largest absolute Gasteiger partial charge is 0.454 e. The fourth-order valence-corrected chi connectivity index (χ4v) is 4.98. The van der Waals surface area contributed by atoms with E-state index in [9.17, 15) is 4.79 Å². The molecule has 140 valence electrons. The van der Waals surface area contributed by atoms with E-state index in [4.69, 9.17) is 9.47 Å². The predicted molar refractivity (Wildman–Crippen MR) is 109 cm³/mol. The Morgan fingerprint density at radius 2 is 2.04 bits per heavy atom. The van der Waals surface area contributed by atoms with Crippen LogP contribution in [0.25, 0.3) is 10.2 Å². The normalized spacial score (nSPS) is 13.7. The number of benzene rings is 2. The summed E-state index contributed by atoms with van der Waals surface area (Å²) in [6, 6.07) is 11.6. The smallest absolute Gasteiger partial charge is 0.279 e. The molecule has 0 N–H and O–H groups in total. The van der Waals surface area contributed by atoms with Crippen molar-refractivity contribution in [3.05, 3.63) is 46.8 Å². The molecule has 7 heteroatoms. The number of aromatic nitrogens is 1. The van der Waals surface area contributed by atoms with Crippen LogP contribution in [0.4, 0.5) is 0 Å². The van der Waals surface area contributed by atoms with E-state index in [1.165, 1.54) is 11.3 Å². The number of hydrogen-bond acceptors (Lipinski definition) is 5. The van der Waals surface area contributed by atoms with Gasteiger partial charge >= 0.3 is 0 Å². The van der Waals surface area contributed by atoms with Gasteiger partial charge < -0.3 is 14.0 Å². The fraction of sp³-hybridized carbons (Fsp3) is 0.300. The van der Waals surface area contributed by atoms with Crippen LogP contribution in [0.5, 0.6) is 11.5 Å². The highest BCUT2D eigenvalue weighted by Crippen LogP contribution is 2.37. The van der Waals surface area contributed by atoms with Gasteiger partial charge in [0.1, 0.15) is 0 Å². The molecule has 1 amide bonds. The average molecular weight is 401 g/mol. The first kappa shape index (κ1) is 18.1. The molecule has 0 spiro atoms. The van der Waals surface area contributed by atoms with Crippen molar-refractivity contribution in [2.45, 2.75) is 37.5 Å². The Kier molecular flexibility index (Phi) is 4.97. The van der Waals surface area contributed by atoms with Gasteiger partial charge in [0, 0.05) is 34.4 Å². The van der Waals surface area contributed by atoms with Crippen molar-refractivity contribution in [2.24, 2.45) is 4.99 Å². The van der Waals surface area contributed by atoms with Crippen LogP contribution in [-0.4, -0.2) is 22.5 Å². The van der Waals surface area contributed by atoms with Crippen LogP contribution in [-0.2, 0) is 6.54 Å². The molecule has 0 fully saturated rings. The van der Waals surface area contributed by atoms with Gasteiger partial charge in [0.25, 0.3) is 5.91 Å². The second kappa shape index (κ2) is 7.40. The van der Waals surface area contributed by atoms with Crippen LogP contribution >= 0.6 is 23.1 Å². The third-order valence-electron chi connectivity index (χ3n) is 4.14. The van der Waals surface area contributed by atoms with Crippen LogP contribution < -0.4 is 14.3 Å². The Hall–Kier alpha value is -2.25. The van der Waals surface area contributed by atoms with Gasteiger partial charge in [0.2, 0.25) is 6.79 Å². The standard InChI is InChI=1S/C20H20N2O3S2/c1-4-22-15-9-16-17(25-11-24-16)10-18(15)27-20(22)21-19(23)13-6-5-7-14(8-13)26-12(2)3/h5-10,12H,4,11H2,1-3H3. The zero-order chi connectivity index (χ0) is 19.0. The van der Waals surface area contributed by atoms with E-state index in [0.717, 1.165) is 33.2 Å². The number of hydrogen-bond donors (Lipinski definition) is 0. The van der Waals surface area contributed by atoms with E-state index in [0.29, 0.717) is 15.6 Å². The van der Waals surface area contributed by atoms with Crippen molar-refractivity contribution in [3.63, 3.8) is 0 Å². The molecule has 0 saturated heterocycles. The molecular formula is C20H20N2O3S2. The molecule has 0 saturated carbocycles. The second-order valence-electron chi connectivity index (χ2n) is 6.41.